The van der Waals surface area contributed by atoms with Gasteiger partial charge in [-0.15, -0.1) is 5.10 Å². The first-order valence-corrected chi connectivity index (χ1v) is 7.41. The molecular formula is C10H14N4OS2. The standard InChI is InChI=1S/C10H14N4OS2/c1-7(6-16-3)13(2)10-12-14-8(15)4-5-11-9(14)17-10/h4-5,7H,6H2,1-3H3. The van der Waals surface area contributed by atoms with Crippen LogP contribution >= 0.6 is 23.1 Å². The predicted molar refractivity (Wildman–Crippen MR) is 73.4 cm³/mol. The number of fused-ring (bicyclic) bond motifs is 1. The molecule has 17 heavy (non-hydrogen) atoms. The van der Waals surface area contributed by atoms with E-state index in [4.69, 9.17) is 0 Å². The minimum Gasteiger partial charge on any atom is -0.346 e. The van der Waals surface area contributed by atoms with Crippen molar-refractivity contribution in [2.45, 2.75) is 13.0 Å². The zero-order valence-electron chi connectivity index (χ0n) is 9.95. The van der Waals surface area contributed by atoms with Crippen LogP contribution < -0.4 is 10.5 Å². The Morgan fingerprint density at radius 2 is 2.41 bits per heavy atom. The van der Waals surface area contributed by atoms with Crippen LogP contribution in [-0.2, 0) is 0 Å². The van der Waals surface area contributed by atoms with E-state index in [1.54, 1.807) is 11.8 Å². The van der Waals surface area contributed by atoms with Crippen LogP contribution in [0.15, 0.2) is 17.1 Å². The van der Waals surface area contributed by atoms with E-state index in [0.717, 1.165) is 10.9 Å². The highest BCUT2D eigenvalue weighted by Crippen LogP contribution is 2.22. The average molecular weight is 270 g/mol. The summed E-state index contributed by atoms with van der Waals surface area (Å²) in [5.41, 5.74) is -0.136. The Balaban J connectivity index is 2.36. The van der Waals surface area contributed by atoms with Gasteiger partial charge in [0.2, 0.25) is 10.1 Å². The molecule has 1 atom stereocenters. The fraction of sp³-hybridized carbons (Fsp3) is 0.500. The molecule has 2 heterocycles. The second-order valence-corrected chi connectivity index (χ2v) is 5.62. The molecule has 2 aromatic heterocycles. The third-order valence-corrected chi connectivity index (χ3v) is 4.36. The highest BCUT2D eigenvalue weighted by molar-refractivity contribution is 7.98. The summed E-state index contributed by atoms with van der Waals surface area (Å²) in [6.45, 7) is 2.14. The Kier molecular flexibility index (Phi) is 3.68. The van der Waals surface area contributed by atoms with Crippen molar-refractivity contribution < 1.29 is 0 Å². The summed E-state index contributed by atoms with van der Waals surface area (Å²) in [5.74, 6) is 1.02. The van der Waals surface area contributed by atoms with Gasteiger partial charge in [-0.1, -0.05) is 11.3 Å². The highest BCUT2D eigenvalue weighted by atomic mass is 32.2. The Labute approximate surface area is 107 Å². The van der Waals surface area contributed by atoms with Crippen molar-refractivity contribution >= 4 is 33.2 Å². The zero-order chi connectivity index (χ0) is 12.4. The van der Waals surface area contributed by atoms with Gasteiger partial charge in [0, 0.05) is 31.1 Å². The minimum atomic E-state index is -0.136. The van der Waals surface area contributed by atoms with Gasteiger partial charge in [0.25, 0.3) is 5.56 Å². The molecular weight excluding hydrogens is 256 g/mol. The Bertz CT molecular complexity index is 565. The topological polar surface area (TPSA) is 50.5 Å². The number of hydrogen-bond acceptors (Lipinski definition) is 6. The van der Waals surface area contributed by atoms with Crippen molar-refractivity contribution in [3.63, 3.8) is 0 Å². The molecule has 0 N–H and O–H groups in total. The molecule has 0 aliphatic heterocycles. The fourth-order valence-electron chi connectivity index (χ4n) is 1.42. The average Bonchev–Trinajstić information content (AvgIpc) is 2.73. The van der Waals surface area contributed by atoms with E-state index in [1.807, 2.05) is 7.05 Å². The van der Waals surface area contributed by atoms with Gasteiger partial charge in [0.15, 0.2) is 0 Å². The molecule has 0 radical (unpaired) electrons. The van der Waals surface area contributed by atoms with Crippen molar-refractivity contribution in [2.24, 2.45) is 0 Å². The maximum atomic E-state index is 11.6. The maximum Gasteiger partial charge on any atom is 0.275 e. The van der Waals surface area contributed by atoms with Crippen LogP contribution in [-0.4, -0.2) is 39.7 Å². The predicted octanol–water partition coefficient (Wildman–Crippen LogP) is 1.34. The fourth-order valence-corrected chi connectivity index (χ4v) is 3.06. The lowest BCUT2D eigenvalue weighted by atomic mass is 10.4. The summed E-state index contributed by atoms with van der Waals surface area (Å²) in [6.07, 6.45) is 3.60. The quantitative estimate of drug-likeness (QED) is 0.839. The molecule has 5 nitrogen and oxygen atoms in total. The van der Waals surface area contributed by atoms with Crippen molar-refractivity contribution in [2.75, 3.05) is 24.0 Å². The van der Waals surface area contributed by atoms with Gasteiger partial charge in [-0.25, -0.2) is 4.98 Å². The van der Waals surface area contributed by atoms with Crippen LogP contribution in [0, 0.1) is 0 Å². The van der Waals surface area contributed by atoms with Gasteiger partial charge < -0.3 is 4.90 Å². The second kappa shape index (κ2) is 5.05. The molecule has 2 rings (SSSR count). The van der Waals surface area contributed by atoms with Gasteiger partial charge in [0.05, 0.1) is 0 Å². The van der Waals surface area contributed by atoms with E-state index in [2.05, 4.69) is 28.2 Å². The highest BCUT2D eigenvalue weighted by Gasteiger charge is 2.14. The van der Waals surface area contributed by atoms with Gasteiger partial charge in [-0.05, 0) is 13.2 Å². The largest absolute Gasteiger partial charge is 0.346 e. The lowest BCUT2D eigenvalue weighted by Crippen LogP contribution is -2.31. The third kappa shape index (κ3) is 2.44. The summed E-state index contributed by atoms with van der Waals surface area (Å²) >= 11 is 3.22. The molecule has 2 aromatic rings. The van der Waals surface area contributed by atoms with Gasteiger partial charge in [-0.3, -0.25) is 4.79 Å². The SMILES string of the molecule is CSCC(C)N(C)c1nn2c(=O)ccnc2s1. The van der Waals surface area contributed by atoms with E-state index in [9.17, 15) is 4.79 Å². The minimum absolute atomic E-state index is 0.136. The molecule has 0 amide bonds. The molecule has 92 valence electrons. The monoisotopic (exact) mass is 270 g/mol. The van der Waals surface area contributed by atoms with Crippen LogP contribution in [0.5, 0.6) is 0 Å². The third-order valence-electron chi connectivity index (χ3n) is 2.53. The molecule has 7 heteroatoms. The van der Waals surface area contributed by atoms with Crippen LogP contribution in [0.1, 0.15) is 6.92 Å². The molecule has 0 saturated heterocycles. The van der Waals surface area contributed by atoms with E-state index in [-0.39, 0.29) is 5.56 Å². The molecule has 0 spiro atoms. The van der Waals surface area contributed by atoms with Crippen LogP contribution in [0.25, 0.3) is 4.96 Å². The summed E-state index contributed by atoms with van der Waals surface area (Å²) in [4.78, 5) is 18.4. The Morgan fingerprint density at radius 3 is 3.06 bits per heavy atom. The molecule has 0 aliphatic carbocycles. The maximum absolute atomic E-state index is 11.6. The normalized spacial score (nSPS) is 12.9. The van der Waals surface area contributed by atoms with E-state index in [0.29, 0.717) is 11.0 Å². The van der Waals surface area contributed by atoms with Gasteiger partial charge in [-0.2, -0.15) is 16.3 Å². The molecule has 0 bridgehead atoms. The molecule has 0 aromatic carbocycles. The lowest BCUT2D eigenvalue weighted by Gasteiger charge is -2.22. The Hall–Kier alpha value is -1.08. The van der Waals surface area contributed by atoms with Crippen LogP contribution in [0.3, 0.4) is 0 Å². The summed E-state index contributed by atoms with van der Waals surface area (Å²) in [5, 5.41) is 5.11. The van der Waals surface area contributed by atoms with Crippen molar-refractivity contribution in [3.8, 4) is 0 Å². The number of nitrogens with zero attached hydrogens (tertiary/aromatic N) is 4. The van der Waals surface area contributed by atoms with Crippen LogP contribution in [0.4, 0.5) is 5.13 Å². The molecule has 0 aliphatic rings. The number of aromatic nitrogens is 3. The number of thioether (sulfide) groups is 1. The smallest absolute Gasteiger partial charge is 0.275 e. The first-order valence-electron chi connectivity index (χ1n) is 5.20. The summed E-state index contributed by atoms with van der Waals surface area (Å²) < 4.78 is 1.35. The summed E-state index contributed by atoms with van der Waals surface area (Å²) in [6, 6.07) is 1.79. The number of anilines is 1. The first kappa shape index (κ1) is 12.4. The number of rotatable bonds is 4. The Morgan fingerprint density at radius 1 is 1.65 bits per heavy atom. The van der Waals surface area contributed by atoms with E-state index < -0.39 is 0 Å². The first-order chi connectivity index (χ1) is 8.13. The van der Waals surface area contributed by atoms with Crippen molar-refractivity contribution in [1.82, 2.24) is 14.6 Å². The van der Waals surface area contributed by atoms with Crippen molar-refractivity contribution in [1.29, 1.82) is 0 Å². The lowest BCUT2D eigenvalue weighted by molar-refractivity contribution is 0.746. The van der Waals surface area contributed by atoms with Crippen LogP contribution in [0.2, 0.25) is 0 Å². The van der Waals surface area contributed by atoms with E-state index >= 15 is 0 Å². The molecule has 1 unspecified atom stereocenters. The van der Waals surface area contributed by atoms with Gasteiger partial charge >= 0.3 is 0 Å². The molecule has 0 fully saturated rings. The molecule has 0 saturated carbocycles. The zero-order valence-corrected chi connectivity index (χ0v) is 11.6. The second-order valence-electron chi connectivity index (χ2n) is 3.78. The number of hydrogen-bond donors (Lipinski definition) is 0. The van der Waals surface area contributed by atoms with Crippen molar-refractivity contribution in [3.05, 3.63) is 22.6 Å². The van der Waals surface area contributed by atoms with Gasteiger partial charge in [0.1, 0.15) is 0 Å². The summed E-state index contributed by atoms with van der Waals surface area (Å²) in [7, 11) is 1.99. The van der Waals surface area contributed by atoms with E-state index in [1.165, 1.54) is 28.1 Å².